The first-order valence-electron chi connectivity index (χ1n) is 14.1. The molecule has 0 saturated carbocycles. The van der Waals surface area contributed by atoms with E-state index in [-0.39, 0.29) is 41.5 Å². The van der Waals surface area contributed by atoms with Crippen LogP contribution in [0.3, 0.4) is 0 Å². The highest BCUT2D eigenvalue weighted by Crippen LogP contribution is 2.35. The number of fused-ring (bicyclic) bond motifs is 1. The number of hydrogen-bond acceptors (Lipinski definition) is 16. The molecule has 0 amide bonds. The number of nitriles is 1. The van der Waals surface area contributed by atoms with Crippen molar-refractivity contribution in [2.75, 3.05) is 62.3 Å². The minimum Gasteiger partial charge on any atom is -0.465 e. The summed E-state index contributed by atoms with van der Waals surface area (Å²) in [5.41, 5.74) is 1.33. The van der Waals surface area contributed by atoms with Crippen molar-refractivity contribution in [3.8, 4) is 11.2 Å². The highest BCUT2D eigenvalue weighted by molar-refractivity contribution is 7.81. The van der Waals surface area contributed by atoms with Gasteiger partial charge in [0.05, 0.1) is 42.0 Å². The second-order valence-corrected chi connectivity index (χ2v) is 11.2. The Morgan fingerprint density at radius 1 is 1.09 bits per heavy atom. The van der Waals surface area contributed by atoms with Crippen LogP contribution in [-0.4, -0.2) is 89.1 Å². The van der Waals surface area contributed by atoms with Crippen LogP contribution in [0.5, 0.6) is 0 Å². The molecule has 238 valence electrons. The fourth-order valence-corrected chi connectivity index (χ4v) is 5.04. The van der Waals surface area contributed by atoms with Crippen LogP contribution in [0.25, 0.3) is 15.3 Å². The largest absolute Gasteiger partial charge is 0.465 e. The number of thiazole rings is 1. The number of hydrogen-bond donors (Lipinski definition) is 4. The molecule has 0 fully saturated rings. The monoisotopic (exact) mass is 653 g/mol. The molecule has 0 aliphatic heterocycles. The van der Waals surface area contributed by atoms with E-state index < -0.39 is 5.97 Å². The first-order chi connectivity index (χ1) is 21.8. The van der Waals surface area contributed by atoms with Gasteiger partial charge >= 0.3 is 5.97 Å². The summed E-state index contributed by atoms with van der Waals surface area (Å²) in [5, 5.41) is 33.6. The molecule has 0 aliphatic carbocycles. The Balaban J connectivity index is 1.70. The minimum absolute atomic E-state index is 0.00661. The zero-order valence-electron chi connectivity index (χ0n) is 25.4. The summed E-state index contributed by atoms with van der Waals surface area (Å²) in [6, 6.07) is 9.63. The van der Waals surface area contributed by atoms with Crippen LogP contribution in [0, 0.1) is 11.3 Å². The van der Waals surface area contributed by atoms with Crippen molar-refractivity contribution in [1.82, 2.24) is 24.7 Å². The van der Waals surface area contributed by atoms with Crippen molar-refractivity contribution >= 4 is 69.2 Å². The lowest BCUT2D eigenvalue weighted by atomic mass is 10.3. The highest BCUT2D eigenvalue weighted by atomic mass is 32.1. The summed E-state index contributed by atoms with van der Waals surface area (Å²) in [6.45, 7) is 5.30. The molecule has 4 rings (SSSR count). The second kappa shape index (κ2) is 16.6. The topological polar surface area (TPSA) is 186 Å². The van der Waals surface area contributed by atoms with Crippen LogP contribution in [0.4, 0.5) is 29.1 Å². The van der Waals surface area contributed by atoms with Gasteiger partial charge in [-0.15, -0.1) is 15.3 Å². The number of carbonyl (C=O) groups is 1. The number of esters is 1. The Morgan fingerprint density at radius 3 is 2.53 bits per heavy atom. The third-order valence-electron chi connectivity index (χ3n) is 6.02. The zero-order valence-corrected chi connectivity index (χ0v) is 27.1. The number of benzene rings is 1. The van der Waals surface area contributed by atoms with Crippen LogP contribution in [0.1, 0.15) is 25.8 Å². The lowest BCUT2D eigenvalue weighted by Gasteiger charge is -2.19. The smallest absolute Gasteiger partial charge is 0.315 e. The summed E-state index contributed by atoms with van der Waals surface area (Å²) < 4.78 is 18.2. The number of anilines is 3. The van der Waals surface area contributed by atoms with E-state index in [1.54, 1.807) is 20.4 Å². The van der Waals surface area contributed by atoms with E-state index in [1.807, 2.05) is 38.1 Å². The van der Waals surface area contributed by atoms with Gasteiger partial charge in [-0.05, 0) is 32.4 Å². The van der Waals surface area contributed by atoms with E-state index in [2.05, 4.69) is 64.9 Å². The first kappa shape index (κ1) is 33.5. The van der Waals surface area contributed by atoms with Crippen molar-refractivity contribution in [2.24, 2.45) is 10.2 Å². The molecular weight excluding hydrogens is 619 g/mol. The number of carbonyl (C=O) groups excluding carboxylic acids is 1. The summed E-state index contributed by atoms with van der Waals surface area (Å²) in [5.74, 6) is 0.773. The maximum absolute atomic E-state index is 11.5. The predicted molar refractivity (Wildman–Crippen MR) is 176 cm³/mol. The number of azo groups is 1. The number of ether oxygens (including phenoxy) is 3. The van der Waals surface area contributed by atoms with Gasteiger partial charge in [-0.25, -0.2) is 9.67 Å². The Bertz CT molecular complexity index is 1620. The maximum Gasteiger partial charge on any atom is 0.315 e. The lowest BCUT2D eigenvalue weighted by Crippen LogP contribution is -2.25. The number of aromatic nitrogens is 5. The van der Waals surface area contributed by atoms with Crippen molar-refractivity contribution in [2.45, 2.75) is 32.4 Å². The third-order valence-corrected chi connectivity index (χ3v) is 7.30. The van der Waals surface area contributed by atoms with Crippen molar-refractivity contribution in [1.29, 1.82) is 5.26 Å². The van der Waals surface area contributed by atoms with E-state index >= 15 is 0 Å². The van der Waals surface area contributed by atoms with Gasteiger partial charge in [0.2, 0.25) is 16.9 Å². The van der Waals surface area contributed by atoms with E-state index in [9.17, 15) is 10.1 Å². The number of nitrogens with zero attached hydrogens (tertiary/aromatic N) is 8. The maximum atomic E-state index is 11.5. The molecule has 3 heterocycles. The molecule has 0 radical (unpaired) electrons. The van der Waals surface area contributed by atoms with Crippen LogP contribution >= 0.6 is 24.0 Å². The molecule has 3 aromatic heterocycles. The summed E-state index contributed by atoms with van der Waals surface area (Å²) >= 11 is 5.37. The normalized spacial score (nSPS) is 12.6. The quantitative estimate of drug-likeness (QED) is 0.0532. The van der Waals surface area contributed by atoms with E-state index in [0.717, 1.165) is 10.2 Å². The van der Waals surface area contributed by atoms with Gasteiger partial charge in [-0.2, -0.15) is 27.9 Å². The van der Waals surface area contributed by atoms with Crippen molar-refractivity contribution in [3.63, 3.8) is 0 Å². The zero-order chi connectivity index (χ0) is 32.2. The van der Waals surface area contributed by atoms with Crippen molar-refractivity contribution < 1.29 is 19.0 Å². The molecule has 0 spiro atoms. The van der Waals surface area contributed by atoms with Crippen molar-refractivity contribution in [3.05, 3.63) is 36.0 Å². The van der Waals surface area contributed by atoms with Gasteiger partial charge in [0.15, 0.2) is 17.3 Å². The molecule has 4 aromatic rings. The third kappa shape index (κ3) is 9.31. The average molecular weight is 654 g/mol. The molecule has 1 aromatic carbocycles. The highest BCUT2D eigenvalue weighted by Gasteiger charge is 2.19. The van der Waals surface area contributed by atoms with Gasteiger partial charge < -0.3 is 30.2 Å². The van der Waals surface area contributed by atoms with E-state index in [4.69, 9.17) is 14.2 Å². The summed E-state index contributed by atoms with van der Waals surface area (Å²) in [7, 11) is 3.22. The van der Waals surface area contributed by atoms with E-state index in [1.165, 1.54) is 16.0 Å². The Labute approximate surface area is 269 Å². The SMILES string of the molecule is COCC(C)Nc1nc(NCCCOC(=O)CS)c(N=Nc2nn(-c3nc4ccccc4s3)cc2C#N)c(NC(C)COC)n1. The molecule has 15 nitrogen and oxygen atoms in total. The average Bonchev–Trinajstić information content (AvgIpc) is 3.64. The fraction of sp³-hybridized carbons (Fsp3) is 0.429. The molecule has 2 atom stereocenters. The predicted octanol–water partition coefficient (Wildman–Crippen LogP) is 4.73. The van der Waals surface area contributed by atoms with Gasteiger partial charge in [0, 0.05) is 32.8 Å². The Morgan fingerprint density at radius 2 is 1.82 bits per heavy atom. The van der Waals surface area contributed by atoms with Crippen LogP contribution in [0.2, 0.25) is 0 Å². The molecule has 0 aliphatic rings. The summed E-state index contributed by atoms with van der Waals surface area (Å²) in [6.07, 6.45) is 2.06. The fourth-order valence-electron chi connectivity index (χ4n) is 4.06. The van der Waals surface area contributed by atoms with Crippen LogP contribution in [-0.2, 0) is 19.0 Å². The molecule has 0 bridgehead atoms. The van der Waals surface area contributed by atoms with Gasteiger partial charge in [0.25, 0.3) is 0 Å². The lowest BCUT2D eigenvalue weighted by molar-refractivity contribution is -0.140. The first-order valence-corrected chi connectivity index (χ1v) is 15.5. The number of nitrogens with one attached hydrogen (secondary N) is 3. The Kier molecular flexibility index (Phi) is 12.4. The standard InChI is InChI=1S/C28H35N11O4S2/c1-17(14-41-3)31-26-23(25(30-10-7-11-43-22(40)16-44)34-27(35-26)32-18(2)15-42-4)36-37-24-19(12-29)13-39(38-24)28-33-20-8-5-6-9-21(20)45-28/h5-6,8-9,13,17-18,44H,7,10-11,14-16H2,1-4H3,(H3,30,31,32,34,35). The van der Waals surface area contributed by atoms with Gasteiger partial charge in [0.1, 0.15) is 11.6 Å². The number of para-hydroxylation sites is 1. The molecule has 0 saturated heterocycles. The van der Waals surface area contributed by atoms with Crippen LogP contribution in [0.15, 0.2) is 40.7 Å². The van der Waals surface area contributed by atoms with Crippen LogP contribution < -0.4 is 16.0 Å². The van der Waals surface area contributed by atoms with E-state index in [0.29, 0.717) is 48.9 Å². The Hall–Kier alpha value is -4.37. The van der Waals surface area contributed by atoms with Gasteiger partial charge in [-0.1, -0.05) is 23.5 Å². The number of thiol groups is 1. The molecule has 17 heteroatoms. The molecule has 3 N–H and O–H groups in total. The number of rotatable bonds is 17. The number of methoxy groups -OCH3 is 2. The molecule has 45 heavy (non-hydrogen) atoms. The van der Waals surface area contributed by atoms with Gasteiger partial charge in [-0.3, -0.25) is 4.79 Å². The molecular formula is C28H35N11O4S2. The summed E-state index contributed by atoms with van der Waals surface area (Å²) in [4.78, 5) is 25.4. The second-order valence-electron chi connectivity index (χ2n) is 9.84. The minimum atomic E-state index is -0.398. The molecule has 2 unspecified atom stereocenters.